The van der Waals surface area contributed by atoms with Gasteiger partial charge in [-0.2, -0.15) is 0 Å². The third kappa shape index (κ3) is 6.08. The van der Waals surface area contributed by atoms with Crippen LogP contribution < -0.4 is 10.1 Å². The summed E-state index contributed by atoms with van der Waals surface area (Å²) in [7, 11) is 1.72. The van der Waals surface area contributed by atoms with Crippen LogP contribution in [-0.4, -0.2) is 33.4 Å². The van der Waals surface area contributed by atoms with E-state index in [-0.39, 0.29) is 0 Å². The van der Waals surface area contributed by atoms with Crippen LogP contribution in [0.2, 0.25) is 0 Å². The lowest BCUT2D eigenvalue weighted by Gasteiger charge is -2.13. The molecule has 1 aromatic rings. The molecule has 0 aliphatic carbocycles. The van der Waals surface area contributed by atoms with Crippen LogP contribution in [0.4, 0.5) is 0 Å². The van der Waals surface area contributed by atoms with E-state index in [1.165, 1.54) is 11.1 Å². The van der Waals surface area contributed by atoms with Crippen LogP contribution in [0.3, 0.4) is 0 Å². The highest BCUT2D eigenvalue weighted by molar-refractivity contribution is 5.37. The molecule has 0 aliphatic heterocycles. The van der Waals surface area contributed by atoms with Gasteiger partial charge in [-0.15, -0.1) is 0 Å². The van der Waals surface area contributed by atoms with E-state index in [2.05, 4.69) is 44.3 Å². The van der Waals surface area contributed by atoms with Crippen LogP contribution in [0.1, 0.15) is 37.3 Å². The Morgan fingerprint density at radius 3 is 2.63 bits per heavy atom. The molecule has 108 valence electrons. The Kier molecular flexibility index (Phi) is 7.53. The molecule has 0 bridgehead atoms. The fourth-order valence-corrected chi connectivity index (χ4v) is 1.81. The molecule has 19 heavy (non-hydrogen) atoms. The molecular formula is C16H27NO2. The average molecular weight is 265 g/mol. The number of hydrogen-bond acceptors (Lipinski definition) is 3. The van der Waals surface area contributed by atoms with Gasteiger partial charge in [-0.1, -0.05) is 26.0 Å². The first kappa shape index (κ1) is 16.0. The van der Waals surface area contributed by atoms with E-state index in [0.717, 1.165) is 38.5 Å². The average Bonchev–Trinajstić information content (AvgIpc) is 2.39. The predicted octanol–water partition coefficient (Wildman–Crippen LogP) is 3.12. The Morgan fingerprint density at radius 1 is 1.16 bits per heavy atom. The minimum atomic E-state index is 0.540. The highest BCUT2D eigenvalue weighted by Crippen LogP contribution is 2.24. The quantitative estimate of drug-likeness (QED) is 0.696. The number of aryl methyl sites for hydroxylation is 1. The van der Waals surface area contributed by atoms with Crippen molar-refractivity contribution in [3.63, 3.8) is 0 Å². The molecule has 3 nitrogen and oxygen atoms in total. The van der Waals surface area contributed by atoms with E-state index in [9.17, 15) is 0 Å². The highest BCUT2D eigenvalue weighted by Gasteiger charge is 2.04. The standard InChI is InChI=1S/C16H27NO2/c1-13(2)15-7-6-14(3)16(12-15)19-10-5-8-17-9-11-18-4/h6-7,12-13,17H,5,8-11H2,1-4H3. The maximum atomic E-state index is 5.86. The maximum Gasteiger partial charge on any atom is 0.122 e. The summed E-state index contributed by atoms with van der Waals surface area (Å²) in [6, 6.07) is 6.49. The molecule has 0 unspecified atom stereocenters. The monoisotopic (exact) mass is 265 g/mol. The molecule has 0 aromatic heterocycles. The van der Waals surface area contributed by atoms with Crippen LogP contribution in [0, 0.1) is 6.92 Å². The number of methoxy groups -OCH3 is 1. The maximum absolute atomic E-state index is 5.86. The Balaban J connectivity index is 2.30. The Labute approximate surface area is 117 Å². The molecule has 1 N–H and O–H groups in total. The van der Waals surface area contributed by atoms with Crippen molar-refractivity contribution in [2.75, 3.05) is 33.4 Å². The minimum Gasteiger partial charge on any atom is -0.493 e. The van der Waals surface area contributed by atoms with Gasteiger partial charge in [-0.3, -0.25) is 0 Å². The van der Waals surface area contributed by atoms with Gasteiger partial charge in [0.15, 0.2) is 0 Å². The third-order valence-corrected chi connectivity index (χ3v) is 3.12. The van der Waals surface area contributed by atoms with Gasteiger partial charge < -0.3 is 14.8 Å². The summed E-state index contributed by atoms with van der Waals surface area (Å²) in [5.74, 6) is 1.56. The molecule has 0 aliphatic rings. The zero-order valence-electron chi connectivity index (χ0n) is 12.7. The SMILES string of the molecule is COCCNCCCOc1cc(C(C)C)ccc1C. The first-order valence-electron chi connectivity index (χ1n) is 7.08. The summed E-state index contributed by atoms with van der Waals surface area (Å²) in [5.41, 5.74) is 2.54. The molecule has 0 heterocycles. The number of hydrogen-bond donors (Lipinski definition) is 1. The molecule has 0 saturated heterocycles. The highest BCUT2D eigenvalue weighted by atomic mass is 16.5. The lowest BCUT2D eigenvalue weighted by atomic mass is 10.0. The number of ether oxygens (including phenoxy) is 2. The van der Waals surface area contributed by atoms with Crippen LogP contribution in [0.25, 0.3) is 0 Å². The lowest BCUT2D eigenvalue weighted by Crippen LogP contribution is -2.21. The van der Waals surface area contributed by atoms with Crippen molar-refractivity contribution in [3.8, 4) is 5.75 Å². The van der Waals surface area contributed by atoms with Crippen LogP contribution in [0.15, 0.2) is 18.2 Å². The van der Waals surface area contributed by atoms with E-state index in [1.54, 1.807) is 7.11 Å². The summed E-state index contributed by atoms with van der Waals surface area (Å²) in [5, 5.41) is 3.31. The molecule has 0 atom stereocenters. The Morgan fingerprint density at radius 2 is 1.95 bits per heavy atom. The van der Waals surface area contributed by atoms with Crippen molar-refractivity contribution in [1.82, 2.24) is 5.32 Å². The lowest BCUT2D eigenvalue weighted by molar-refractivity contribution is 0.198. The molecule has 0 radical (unpaired) electrons. The summed E-state index contributed by atoms with van der Waals surface area (Å²) >= 11 is 0. The van der Waals surface area contributed by atoms with Crippen molar-refractivity contribution in [1.29, 1.82) is 0 Å². The van der Waals surface area contributed by atoms with E-state index >= 15 is 0 Å². The van der Waals surface area contributed by atoms with Gasteiger partial charge in [-0.25, -0.2) is 0 Å². The predicted molar refractivity (Wildman–Crippen MR) is 80.1 cm³/mol. The second kappa shape index (κ2) is 8.94. The van der Waals surface area contributed by atoms with E-state index in [4.69, 9.17) is 9.47 Å². The van der Waals surface area contributed by atoms with Gasteiger partial charge in [0.05, 0.1) is 13.2 Å². The van der Waals surface area contributed by atoms with Gasteiger partial charge in [0.25, 0.3) is 0 Å². The van der Waals surface area contributed by atoms with Gasteiger partial charge in [0.2, 0.25) is 0 Å². The fourth-order valence-electron chi connectivity index (χ4n) is 1.81. The molecule has 0 fully saturated rings. The molecule has 0 saturated carbocycles. The summed E-state index contributed by atoms with van der Waals surface area (Å²) in [6.45, 7) is 9.88. The first-order valence-corrected chi connectivity index (χ1v) is 7.08. The molecule has 1 aromatic carbocycles. The molecular weight excluding hydrogens is 238 g/mol. The molecule has 3 heteroatoms. The largest absolute Gasteiger partial charge is 0.493 e. The minimum absolute atomic E-state index is 0.540. The van der Waals surface area contributed by atoms with Crippen molar-refractivity contribution in [2.45, 2.75) is 33.1 Å². The second-order valence-corrected chi connectivity index (χ2v) is 5.12. The normalized spacial score (nSPS) is 11.0. The topological polar surface area (TPSA) is 30.5 Å². The smallest absolute Gasteiger partial charge is 0.122 e. The Hall–Kier alpha value is -1.06. The van der Waals surface area contributed by atoms with Crippen molar-refractivity contribution in [3.05, 3.63) is 29.3 Å². The van der Waals surface area contributed by atoms with E-state index in [0.29, 0.717) is 5.92 Å². The second-order valence-electron chi connectivity index (χ2n) is 5.12. The zero-order chi connectivity index (χ0) is 14.1. The fraction of sp³-hybridized carbons (Fsp3) is 0.625. The number of benzene rings is 1. The van der Waals surface area contributed by atoms with Crippen molar-refractivity contribution < 1.29 is 9.47 Å². The molecule has 0 amide bonds. The summed E-state index contributed by atoms with van der Waals surface area (Å²) in [6.07, 6.45) is 1.01. The van der Waals surface area contributed by atoms with Gasteiger partial charge >= 0.3 is 0 Å². The number of rotatable bonds is 9. The van der Waals surface area contributed by atoms with Crippen molar-refractivity contribution in [2.24, 2.45) is 0 Å². The summed E-state index contributed by atoms with van der Waals surface area (Å²) < 4.78 is 10.8. The van der Waals surface area contributed by atoms with Crippen LogP contribution >= 0.6 is 0 Å². The molecule has 1 rings (SSSR count). The number of nitrogens with one attached hydrogen (secondary N) is 1. The zero-order valence-corrected chi connectivity index (χ0v) is 12.7. The third-order valence-electron chi connectivity index (χ3n) is 3.12. The first-order chi connectivity index (χ1) is 9.15. The van der Waals surface area contributed by atoms with Crippen LogP contribution in [0.5, 0.6) is 5.75 Å². The van der Waals surface area contributed by atoms with Crippen molar-refractivity contribution >= 4 is 0 Å². The Bertz CT molecular complexity index is 364. The van der Waals surface area contributed by atoms with E-state index in [1.807, 2.05) is 0 Å². The van der Waals surface area contributed by atoms with Gasteiger partial charge in [0.1, 0.15) is 5.75 Å². The van der Waals surface area contributed by atoms with E-state index < -0.39 is 0 Å². The summed E-state index contributed by atoms with van der Waals surface area (Å²) in [4.78, 5) is 0. The van der Waals surface area contributed by atoms with Gasteiger partial charge in [0, 0.05) is 13.7 Å². The van der Waals surface area contributed by atoms with Crippen LogP contribution in [-0.2, 0) is 4.74 Å². The van der Waals surface area contributed by atoms with Gasteiger partial charge in [-0.05, 0) is 43.0 Å². The molecule has 0 spiro atoms.